The third-order valence-corrected chi connectivity index (χ3v) is 5.57. The topological polar surface area (TPSA) is 88.9 Å². The molecule has 0 bridgehead atoms. The van der Waals surface area contributed by atoms with Crippen LogP contribution in [0.1, 0.15) is 74.8 Å². The van der Waals surface area contributed by atoms with E-state index in [2.05, 4.69) is 32.4 Å². The first kappa shape index (κ1) is 27.6. The highest BCUT2D eigenvalue weighted by molar-refractivity contribution is 5.76. The molecule has 1 heterocycles. The van der Waals surface area contributed by atoms with Gasteiger partial charge in [-0.25, -0.2) is 4.39 Å². The number of esters is 1. The molecule has 0 aliphatic heterocycles. The number of aliphatic hydroxyl groups excluding tert-OH is 2. The van der Waals surface area contributed by atoms with E-state index in [0.29, 0.717) is 12.3 Å². The summed E-state index contributed by atoms with van der Waals surface area (Å²) in [6.07, 6.45) is 1.15. The summed E-state index contributed by atoms with van der Waals surface area (Å²) < 4.78 is 23.7. The molecule has 2 aromatic rings. The molecule has 2 atom stereocenters. The first-order valence-corrected chi connectivity index (χ1v) is 11.5. The second-order valence-corrected chi connectivity index (χ2v) is 9.00. The Bertz CT molecular complexity index is 986. The number of benzene rings is 1. The quantitative estimate of drug-likeness (QED) is 0.448. The number of aromatic nitrogens is 1. The van der Waals surface area contributed by atoms with Crippen molar-refractivity contribution in [1.29, 1.82) is 0 Å². The third-order valence-electron chi connectivity index (χ3n) is 5.57. The van der Waals surface area contributed by atoms with Crippen LogP contribution in [0.5, 0.6) is 0 Å². The summed E-state index contributed by atoms with van der Waals surface area (Å²) in [5.74, 6) is -0.618. The number of rotatable bonds is 11. The number of halogens is 1. The number of ether oxygens (including phenoxy) is 2. The molecule has 0 fully saturated rings. The predicted octanol–water partition coefficient (Wildman–Crippen LogP) is 4.97. The zero-order valence-electron chi connectivity index (χ0n) is 20.8. The maximum Gasteiger partial charge on any atom is 0.308 e. The van der Waals surface area contributed by atoms with Gasteiger partial charge in [0.25, 0.3) is 0 Å². The first-order valence-electron chi connectivity index (χ1n) is 11.5. The van der Waals surface area contributed by atoms with Crippen LogP contribution in [-0.4, -0.2) is 47.6 Å². The van der Waals surface area contributed by atoms with Crippen LogP contribution >= 0.6 is 0 Å². The minimum absolute atomic E-state index is 0.0169. The highest BCUT2D eigenvalue weighted by Gasteiger charge is 2.23. The molecular formula is C27H36FNO5. The van der Waals surface area contributed by atoms with E-state index in [0.717, 1.165) is 27.9 Å². The molecule has 1 aromatic heterocycles. The van der Waals surface area contributed by atoms with Crippen LogP contribution in [0.15, 0.2) is 30.3 Å². The van der Waals surface area contributed by atoms with Crippen LogP contribution < -0.4 is 0 Å². The van der Waals surface area contributed by atoms with Crippen molar-refractivity contribution in [2.45, 2.75) is 71.2 Å². The van der Waals surface area contributed by atoms with Gasteiger partial charge in [0, 0.05) is 35.9 Å². The first-order chi connectivity index (χ1) is 16.1. The van der Waals surface area contributed by atoms with Gasteiger partial charge in [-0.2, -0.15) is 0 Å². The monoisotopic (exact) mass is 473 g/mol. The summed E-state index contributed by atoms with van der Waals surface area (Å²) in [6.45, 7) is 8.70. The molecule has 0 amide bonds. The fraction of sp³-hybridized carbons (Fsp3) is 0.481. The fourth-order valence-corrected chi connectivity index (χ4v) is 4.03. The molecule has 0 aliphatic rings. The highest BCUT2D eigenvalue weighted by atomic mass is 19.1. The van der Waals surface area contributed by atoms with Gasteiger partial charge >= 0.3 is 5.97 Å². The Kier molecular flexibility index (Phi) is 10.4. The summed E-state index contributed by atoms with van der Waals surface area (Å²) in [5, 5.41) is 20.6. The van der Waals surface area contributed by atoms with E-state index in [4.69, 9.17) is 9.72 Å². The molecule has 2 unspecified atom stereocenters. The Labute approximate surface area is 201 Å². The van der Waals surface area contributed by atoms with Crippen LogP contribution in [0.25, 0.3) is 17.3 Å². The zero-order chi connectivity index (χ0) is 25.4. The zero-order valence-corrected chi connectivity index (χ0v) is 20.8. The number of carbonyl (C=O) groups is 1. The van der Waals surface area contributed by atoms with E-state index in [1.54, 1.807) is 31.4 Å². The Balaban J connectivity index is 2.62. The molecule has 0 radical (unpaired) electrons. The molecule has 2 N–H and O–H groups in total. The number of hydrogen-bond acceptors (Lipinski definition) is 6. The van der Waals surface area contributed by atoms with Gasteiger partial charge in [0.15, 0.2) is 0 Å². The van der Waals surface area contributed by atoms with Gasteiger partial charge in [0.05, 0.1) is 38.0 Å². The number of pyridine rings is 1. The molecule has 2 rings (SSSR count). The molecule has 7 heteroatoms. The standard InChI is InChI=1S/C27H36FNO5/c1-16(2)25-22(12-11-20(30)13-21(31)14-24(32)34-6)27(18-7-9-19(28)10-8-18)29-26(17(3)4)23(25)15-33-5/h7-12,16-17,20-21,30-31H,13-15H2,1-6H3. The average Bonchev–Trinajstić information content (AvgIpc) is 2.77. The van der Waals surface area contributed by atoms with Crippen LogP contribution in [0, 0.1) is 5.82 Å². The molecule has 6 nitrogen and oxygen atoms in total. The van der Waals surface area contributed by atoms with Gasteiger partial charge in [-0.15, -0.1) is 0 Å². The largest absolute Gasteiger partial charge is 0.469 e. The Hall–Kier alpha value is -2.61. The second-order valence-electron chi connectivity index (χ2n) is 9.00. The van der Waals surface area contributed by atoms with Crippen LogP contribution in [-0.2, 0) is 20.9 Å². The second kappa shape index (κ2) is 12.7. The summed E-state index contributed by atoms with van der Waals surface area (Å²) in [7, 11) is 2.89. The maximum absolute atomic E-state index is 13.6. The summed E-state index contributed by atoms with van der Waals surface area (Å²) in [4.78, 5) is 16.4. The molecule has 1 aromatic carbocycles. The maximum atomic E-state index is 13.6. The van der Waals surface area contributed by atoms with E-state index in [9.17, 15) is 19.4 Å². The highest BCUT2D eigenvalue weighted by Crippen LogP contribution is 2.37. The summed E-state index contributed by atoms with van der Waals surface area (Å²) in [5.41, 5.74) is 5.20. The molecule has 34 heavy (non-hydrogen) atoms. The Morgan fingerprint density at radius 3 is 2.26 bits per heavy atom. The van der Waals surface area contributed by atoms with Crippen molar-refractivity contribution in [3.63, 3.8) is 0 Å². The van der Waals surface area contributed by atoms with E-state index in [1.165, 1.54) is 19.2 Å². The lowest BCUT2D eigenvalue weighted by atomic mass is 9.86. The van der Waals surface area contributed by atoms with Gasteiger partial charge in [0.1, 0.15) is 5.82 Å². The molecule has 186 valence electrons. The Morgan fingerprint density at radius 1 is 1.09 bits per heavy atom. The molecule has 0 saturated heterocycles. The van der Waals surface area contributed by atoms with Crippen molar-refractivity contribution in [2.75, 3.05) is 14.2 Å². The van der Waals surface area contributed by atoms with E-state index in [-0.39, 0.29) is 30.5 Å². The van der Waals surface area contributed by atoms with Crippen LogP contribution in [0.3, 0.4) is 0 Å². The van der Waals surface area contributed by atoms with Crippen molar-refractivity contribution in [2.24, 2.45) is 0 Å². The van der Waals surface area contributed by atoms with Gasteiger partial charge in [0.2, 0.25) is 0 Å². The van der Waals surface area contributed by atoms with Crippen molar-refractivity contribution in [1.82, 2.24) is 4.98 Å². The van der Waals surface area contributed by atoms with Crippen molar-refractivity contribution >= 4 is 12.0 Å². The summed E-state index contributed by atoms with van der Waals surface area (Å²) in [6, 6.07) is 6.18. The van der Waals surface area contributed by atoms with E-state index in [1.807, 2.05) is 0 Å². The van der Waals surface area contributed by atoms with Gasteiger partial charge in [-0.3, -0.25) is 9.78 Å². The lowest BCUT2D eigenvalue weighted by Gasteiger charge is -2.24. The van der Waals surface area contributed by atoms with E-state index < -0.39 is 18.2 Å². The minimum Gasteiger partial charge on any atom is -0.469 e. The van der Waals surface area contributed by atoms with Gasteiger partial charge in [-0.05, 0) is 41.7 Å². The van der Waals surface area contributed by atoms with Crippen molar-refractivity contribution < 1.29 is 28.9 Å². The number of nitrogens with zero attached hydrogens (tertiary/aromatic N) is 1. The smallest absolute Gasteiger partial charge is 0.308 e. The fourth-order valence-electron chi connectivity index (χ4n) is 4.03. The molecular weight excluding hydrogens is 437 g/mol. The van der Waals surface area contributed by atoms with Crippen LogP contribution in [0.4, 0.5) is 4.39 Å². The lowest BCUT2D eigenvalue weighted by Crippen LogP contribution is -2.20. The van der Waals surface area contributed by atoms with Gasteiger partial charge < -0.3 is 19.7 Å². The minimum atomic E-state index is -1.03. The average molecular weight is 474 g/mol. The number of aliphatic hydroxyl groups is 2. The Morgan fingerprint density at radius 2 is 1.74 bits per heavy atom. The van der Waals surface area contributed by atoms with Crippen molar-refractivity contribution in [3.05, 3.63) is 58.5 Å². The number of methoxy groups -OCH3 is 2. The number of carbonyl (C=O) groups excluding carboxylic acids is 1. The lowest BCUT2D eigenvalue weighted by molar-refractivity contribution is -0.143. The third kappa shape index (κ3) is 7.19. The predicted molar refractivity (Wildman–Crippen MR) is 131 cm³/mol. The van der Waals surface area contributed by atoms with Crippen molar-refractivity contribution in [3.8, 4) is 11.3 Å². The van der Waals surface area contributed by atoms with Crippen LogP contribution in [0.2, 0.25) is 0 Å². The normalized spacial score (nSPS) is 13.6. The van der Waals surface area contributed by atoms with Gasteiger partial charge in [-0.1, -0.05) is 39.8 Å². The summed E-state index contributed by atoms with van der Waals surface area (Å²) >= 11 is 0. The van der Waals surface area contributed by atoms with E-state index >= 15 is 0 Å². The molecule has 0 spiro atoms. The SMILES string of the molecule is COCc1c(C(C)C)nc(-c2ccc(F)cc2)c(C=CC(O)CC(O)CC(=O)OC)c1C(C)C. The molecule has 0 aliphatic carbocycles. The molecule has 0 saturated carbocycles. The number of hydrogen-bond donors (Lipinski definition) is 2.